The van der Waals surface area contributed by atoms with E-state index in [1.807, 2.05) is 66.9 Å². The molecule has 188 valence electrons. The Bertz CT molecular complexity index is 1640. The molecule has 0 aliphatic heterocycles. The van der Waals surface area contributed by atoms with Crippen LogP contribution in [0.5, 0.6) is 0 Å². The molecule has 0 fully saturated rings. The Kier molecular flexibility index (Phi) is 6.82. The summed E-state index contributed by atoms with van der Waals surface area (Å²) in [6, 6.07) is 31.2. The van der Waals surface area contributed by atoms with E-state index in [-0.39, 0.29) is 24.1 Å². The van der Waals surface area contributed by atoms with Crippen LogP contribution in [-0.2, 0) is 11.2 Å². The van der Waals surface area contributed by atoms with E-state index in [2.05, 4.69) is 4.57 Å². The number of carbonyl (C=O) groups is 2. The first-order valence-electron chi connectivity index (χ1n) is 12.2. The summed E-state index contributed by atoms with van der Waals surface area (Å²) in [5.41, 5.74) is 3.75. The molecule has 0 aliphatic carbocycles. The maximum Gasteiger partial charge on any atom is 0.307 e. The van der Waals surface area contributed by atoms with E-state index in [1.54, 1.807) is 30.3 Å². The van der Waals surface area contributed by atoms with Gasteiger partial charge in [0.15, 0.2) is 5.78 Å². The molecule has 1 N–H and O–H groups in total. The molecule has 0 spiro atoms. The van der Waals surface area contributed by atoms with E-state index in [4.69, 9.17) is 0 Å². The van der Waals surface area contributed by atoms with Crippen molar-refractivity contribution >= 4 is 28.3 Å². The third-order valence-electron chi connectivity index (χ3n) is 6.68. The van der Waals surface area contributed by atoms with Crippen LogP contribution in [0.15, 0.2) is 109 Å². The highest BCUT2D eigenvalue weighted by Crippen LogP contribution is 2.30. The van der Waals surface area contributed by atoms with Crippen LogP contribution < -0.4 is 0 Å². The van der Waals surface area contributed by atoms with Gasteiger partial charge in [-0.05, 0) is 58.8 Å². The van der Waals surface area contributed by atoms with Crippen molar-refractivity contribution in [2.45, 2.75) is 12.8 Å². The SMILES string of the molecule is O=C(CC(Cc1ccccc1)C(=O)O)c1ccc(-c2ccc(-n3ccc4ccccc43)cc2)cc1[N+](=O)[O-]. The van der Waals surface area contributed by atoms with E-state index in [0.29, 0.717) is 5.56 Å². The number of carboxylic acids is 1. The highest BCUT2D eigenvalue weighted by atomic mass is 16.6. The van der Waals surface area contributed by atoms with Gasteiger partial charge in [-0.25, -0.2) is 0 Å². The number of benzene rings is 4. The van der Waals surface area contributed by atoms with Gasteiger partial charge < -0.3 is 9.67 Å². The van der Waals surface area contributed by atoms with Crippen LogP contribution in [0.25, 0.3) is 27.7 Å². The fourth-order valence-corrected chi connectivity index (χ4v) is 4.70. The van der Waals surface area contributed by atoms with Gasteiger partial charge in [0.1, 0.15) is 0 Å². The lowest BCUT2D eigenvalue weighted by molar-refractivity contribution is -0.385. The molecule has 1 unspecified atom stereocenters. The maximum absolute atomic E-state index is 13.0. The number of rotatable bonds is 9. The van der Waals surface area contributed by atoms with E-state index in [0.717, 1.165) is 27.7 Å². The Hall–Kier alpha value is -5.04. The molecule has 0 radical (unpaired) electrons. The fraction of sp³-hybridized carbons (Fsp3) is 0.0968. The monoisotopic (exact) mass is 504 g/mol. The lowest BCUT2D eigenvalue weighted by Crippen LogP contribution is -2.21. The molecule has 7 heteroatoms. The molecular weight excluding hydrogens is 480 g/mol. The van der Waals surface area contributed by atoms with E-state index < -0.39 is 22.6 Å². The number of aliphatic carboxylic acids is 1. The average Bonchev–Trinajstić information content (AvgIpc) is 3.37. The van der Waals surface area contributed by atoms with Crippen molar-refractivity contribution in [3.05, 3.63) is 131 Å². The molecular formula is C31H24N2O5. The van der Waals surface area contributed by atoms with Crippen LogP contribution in [0.3, 0.4) is 0 Å². The molecule has 0 saturated carbocycles. The van der Waals surface area contributed by atoms with Gasteiger partial charge in [-0.15, -0.1) is 0 Å². The standard InChI is InChI=1S/C31H24N2O5/c34-30(20-25(31(35)36)18-21-6-2-1-3-7-21)27-15-12-24(19-29(27)33(37)38)22-10-13-26(14-11-22)32-17-16-23-8-4-5-9-28(23)32/h1-17,19,25H,18,20H2,(H,35,36). The Morgan fingerprint density at radius 2 is 1.53 bits per heavy atom. The number of carbonyl (C=O) groups excluding carboxylic acids is 1. The highest BCUT2D eigenvalue weighted by molar-refractivity contribution is 6.02. The Morgan fingerprint density at radius 1 is 0.842 bits per heavy atom. The third-order valence-corrected chi connectivity index (χ3v) is 6.68. The second kappa shape index (κ2) is 10.5. The van der Waals surface area contributed by atoms with Gasteiger partial charge in [-0.1, -0.05) is 66.7 Å². The van der Waals surface area contributed by atoms with Crippen LogP contribution in [0.4, 0.5) is 5.69 Å². The first-order chi connectivity index (χ1) is 18.4. The molecule has 1 heterocycles. The zero-order valence-corrected chi connectivity index (χ0v) is 20.4. The van der Waals surface area contributed by atoms with Crippen LogP contribution in [-0.4, -0.2) is 26.3 Å². The molecule has 7 nitrogen and oxygen atoms in total. The second-order valence-corrected chi connectivity index (χ2v) is 9.13. The largest absolute Gasteiger partial charge is 0.481 e. The van der Waals surface area contributed by atoms with Gasteiger partial charge >= 0.3 is 5.97 Å². The van der Waals surface area contributed by atoms with Gasteiger partial charge in [-0.2, -0.15) is 0 Å². The predicted molar refractivity (Wildman–Crippen MR) is 146 cm³/mol. The van der Waals surface area contributed by atoms with Crippen molar-refractivity contribution in [3.8, 4) is 16.8 Å². The van der Waals surface area contributed by atoms with Crippen molar-refractivity contribution in [3.63, 3.8) is 0 Å². The van der Waals surface area contributed by atoms with Crippen LogP contribution in [0.2, 0.25) is 0 Å². The first kappa shape index (κ1) is 24.6. The van der Waals surface area contributed by atoms with Gasteiger partial charge in [-0.3, -0.25) is 19.7 Å². The van der Waals surface area contributed by atoms with Crippen molar-refractivity contribution < 1.29 is 19.6 Å². The lowest BCUT2D eigenvalue weighted by atomic mass is 9.91. The van der Waals surface area contributed by atoms with Crippen molar-refractivity contribution in [1.29, 1.82) is 0 Å². The zero-order chi connectivity index (χ0) is 26.6. The molecule has 0 saturated heterocycles. The number of Topliss-reactive ketones (excluding diaryl/α,β-unsaturated/α-hetero) is 1. The van der Waals surface area contributed by atoms with E-state index >= 15 is 0 Å². The van der Waals surface area contributed by atoms with Crippen LogP contribution in [0, 0.1) is 16.0 Å². The van der Waals surface area contributed by atoms with Gasteiger partial charge in [0.2, 0.25) is 0 Å². The van der Waals surface area contributed by atoms with Gasteiger partial charge in [0.05, 0.1) is 21.9 Å². The second-order valence-electron chi connectivity index (χ2n) is 9.13. The lowest BCUT2D eigenvalue weighted by Gasteiger charge is -2.12. The number of nitro groups is 1. The summed E-state index contributed by atoms with van der Waals surface area (Å²) in [7, 11) is 0. The average molecular weight is 505 g/mol. The minimum atomic E-state index is -1.11. The zero-order valence-electron chi connectivity index (χ0n) is 20.4. The number of para-hydroxylation sites is 1. The van der Waals surface area contributed by atoms with Crippen LogP contribution in [0.1, 0.15) is 22.3 Å². The molecule has 0 amide bonds. The number of hydrogen-bond donors (Lipinski definition) is 1. The summed E-state index contributed by atoms with van der Waals surface area (Å²) < 4.78 is 2.07. The van der Waals surface area contributed by atoms with Crippen LogP contribution >= 0.6 is 0 Å². The predicted octanol–water partition coefficient (Wildman–Crippen LogP) is 6.72. The molecule has 4 aromatic carbocycles. The smallest absolute Gasteiger partial charge is 0.307 e. The summed E-state index contributed by atoms with van der Waals surface area (Å²) >= 11 is 0. The normalized spacial score (nSPS) is 11.8. The molecule has 5 aromatic rings. The molecule has 1 aromatic heterocycles. The molecule has 5 rings (SSSR count). The van der Waals surface area contributed by atoms with Crippen molar-refractivity contribution in [2.75, 3.05) is 0 Å². The van der Waals surface area contributed by atoms with Gasteiger partial charge in [0.25, 0.3) is 5.69 Å². The molecule has 0 aliphatic rings. The van der Waals surface area contributed by atoms with E-state index in [1.165, 1.54) is 12.1 Å². The topological polar surface area (TPSA) is 102 Å². The number of nitrogens with zero attached hydrogens (tertiary/aromatic N) is 2. The summed E-state index contributed by atoms with van der Waals surface area (Å²) in [4.78, 5) is 36.2. The fourth-order valence-electron chi connectivity index (χ4n) is 4.70. The minimum Gasteiger partial charge on any atom is -0.481 e. The maximum atomic E-state index is 13.0. The van der Waals surface area contributed by atoms with Gasteiger partial charge in [0, 0.05) is 24.4 Å². The summed E-state index contributed by atoms with van der Waals surface area (Å²) in [5.74, 6) is -2.67. The molecule has 0 bridgehead atoms. The number of nitro benzene ring substituents is 1. The summed E-state index contributed by atoms with van der Waals surface area (Å²) in [5, 5.41) is 22.7. The van der Waals surface area contributed by atoms with Crippen molar-refractivity contribution in [1.82, 2.24) is 4.57 Å². The number of aromatic nitrogens is 1. The number of hydrogen-bond acceptors (Lipinski definition) is 4. The highest BCUT2D eigenvalue weighted by Gasteiger charge is 2.27. The summed E-state index contributed by atoms with van der Waals surface area (Å²) in [6.45, 7) is 0. The molecule has 38 heavy (non-hydrogen) atoms. The quantitative estimate of drug-likeness (QED) is 0.136. The first-order valence-corrected chi connectivity index (χ1v) is 12.2. The number of ketones is 1. The number of fused-ring (bicyclic) bond motifs is 1. The number of carboxylic acid groups (broad SMARTS) is 1. The molecule has 1 atom stereocenters. The Balaban J connectivity index is 1.39. The summed E-state index contributed by atoms with van der Waals surface area (Å²) in [6.07, 6.45) is 1.83. The Morgan fingerprint density at radius 3 is 2.24 bits per heavy atom. The van der Waals surface area contributed by atoms with Crippen molar-refractivity contribution in [2.24, 2.45) is 5.92 Å². The Labute approximate surface area is 218 Å². The third kappa shape index (κ3) is 5.08. The minimum absolute atomic E-state index is 0.0894. The van der Waals surface area contributed by atoms with E-state index in [9.17, 15) is 24.8 Å².